The Labute approximate surface area is 99.9 Å². The molecule has 0 bridgehead atoms. The quantitative estimate of drug-likeness (QED) is 0.804. The Morgan fingerprint density at radius 1 is 1.65 bits per heavy atom. The van der Waals surface area contributed by atoms with E-state index in [4.69, 9.17) is 9.15 Å². The lowest BCUT2D eigenvalue weighted by Crippen LogP contribution is -2.48. The van der Waals surface area contributed by atoms with Crippen LogP contribution in [0.25, 0.3) is 0 Å². The van der Waals surface area contributed by atoms with E-state index in [1.165, 1.54) is 6.39 Å². The van der Waals surface area contributed by atoms with Crippen LogP contribution in [0.2, 0.25) is 0 Å². The molecule has 6 nitrogen and oxygen atoms in total. The smallest absolute Gasteiger partial charge is 0.242 e. The number of ether oxygens (including phenoxy) is 1. The number of nitrogens with one attached hydrogen (secondary N) is 1. The van der Waals surface area contributed by atoms with Gasteiger partial charge in [0.2, 0.25) is 5.91 Å². The molecule has 2 rings (SSSR count). The first-order chi connectivity index (χ1) is 8.22. The molecule has 0 spiro atoms. The number of rotatable bonds is 3. The number of oxazole rings is 1. The number of carbonyl (C=O) groups is 1. The number of carbonyl (C=O) groups excluding carboxylic acids is 1. The van der Waals surface area contributed by atoms with Crippen molar-refractivity contribution in [3.63, 3.8) is 0 Å². The van der Waals surface area contributed by atoms with Crippen LogP contribution < -0.4 is 5.32 Å². The van der Waals surface area contributed by atoms with Gasteiger partial charge < -0.3 is 19.4 Å². The van der Waals surface area contributed by atoms with Gasteiger partial charge in [0, 0.05) is 6.54 Å². The predicted octanol–water partition coefficient (Wildman–Crippen LogP) is 0.00990. The number of likely N-dealkylation sites (N-methyl/N-ethyl adjacent to an activating group) is 1. The number of aromatic nitrogens is 1. The van der Waals surface area contributed by atoms with Gasteiger partial charge >= 0.3 is 0 Å². The van der Waals surface area contributed by atoms with Crippen LogP contribution in [0.1, 0.15) is 12.6 Å². The zero-order valence-electron chi connectivity index (χ0n) is 10.0. The molecule has 94 valence electrons. The molecule has 1 aliphatic rings. The summed E-state index contributed by atoms with van der Waals surface area (Å²) in [7, 11) is 1.77. The molecule has 0 aromatic carbocycles. The monoisotopic (exact) mass is 239 g/mol. The molecule has 1 aromatic rings. The second-order valence-corrected chi connectivity index (χ2v) is 4.08. The highest BCUT2D eigenvalue weighted by Gasteiger charge is 2.31. The number of amides is 1. The van der Waals surface area contributed by atoms with Gasteiger partial charge in [0.15, 0.2) is 6.39 Å². The third-order valence-electron chi connectivity index (χ3n) is 2.94. The molecular formula is C11H17N3O3. The summed E-state index contributed by atoms with van der Waals surface area (Å²) in [6.07, 6.45) is 2.80. The van der Waals surface area contributed by atoms with Gasteiger partial charge in [0.1, 0.15) is 12.3 Å². The van der Waals surface area contributed by atoms with Crippen LogP contribution in [0.3, 0.4) is 0 Å². The van der Waals surface area contributed by atoms with Crippen LogP contribution in [0.5, 0.6) is 0 Å². The molecule has 0 aliphatic carbocycles. The van der Waals surface area contributed by atoms with Crippen LogP contribution in [-0.2, 0) is 16.1 Å². The van der Waals surface area contributed by atoms with Gasteiger partial charge in [-0.1, -0.05) is 0 Å². The minimum Gasteiger partial charge on any atom is -0.451 e. The maximum absolute atomic E-state index is 12.2. The molecular weight excluding hydrogens is 222 g/mol. The Balaban J connectivity index is 2.08. The van der Waals surface area contributed by atoms with Crippen molar-refractivity contribution in [2.24, 2.45) is 0 Å². The van der Waals surface area contributed by atoms with Gasteiger partial charge in [-0.15, -0.1) is 0 Å². The molecule has 1 fully saturated rings. The van der Waals surface area contributed by atoms with E-state index in [-0.39, 0.29) is 18.1 Å². The molecule has 17 heavy (non-hydrogen) atoms. The first kappa shape index (κ1) is 12.1. The maximum atomic E-state index is 12.2. The maximum Gasteiger partial charge on any atom is 0.242 e. The fourth-order valence-electron chi connectivity index (χ4n) is 1.98. The van der Waals surface area contributed by atoms with Gasteiger partial charge in [0.05, 0.1) is 24.9 Å². The molecule has 6 heteroatoms. The summed E-state index contributed by atoms with van der Waals surface area (Å²) in [5.74, 6) is 0.0421. The zero-order chi connectivity index (χ0) is 12.3. The normalized spacial score (nSPS) is 26.0. The third kappa shape index (κ3) is 2.65. The summed E-state index contributed by atoms with van der Waals surface area (Å²) in [5.41, 5.74) is 0.753. The summed E-state index contributed by atoms with van der Waals surface area (Å²) in [5, 5.41) is 2.99. The molecule has 1 amide bonds. The lowest BCUT2D eigenvalue weighted by molar-refractivity contribution is -0.134. The molecule has 2 unspecified atom stereocenters. The Morgan fingerprint density at radius 3 is 3.12 bits per heavy atom. The molecule has 1 N–H and O–H groups in total. The standard InChI is InChI=1S/C11H17N3O3/c1-8-10(12-2)11(15)14(3-4-17-8)5-9-6-16-7-13-9/h6-8,10,12H,3-5H2,1-2H3. The summed E-state index contributed by atoms with van der Waals surface area (Å²) < 4.78 is 10.5. The number of hydrogen-bond donors (Lipinski definition) is 1. The third-order valence-corrected chi connectivity index (χ3v) is 2.94. The van der Waals surface area contributed by atoms with Gasteiger partial charge in [-0.2, -0.15) is 0 Å². The highest BCUT2D eigenvalue weighted by molar-refractivity contribution is 5.82. The van der Waals surface area contributed by atoms with Crippen molar-refractivity contribution in [3.05, 3.63) is 18.4 Å². The molecule has 0 saturated carbocycles. The van der Waals surface area contributed by atoms with Crippen LogP contribution in [-0.4, -0.2) is 48.1 Å². The van der Waals surface area contributed by atoms with E-state index in [9.17, 15) is 4.79 Å². The van der Waals surface area contributed by atoms with Crippen molar-refractivity contribution in [1.29, 1.82) is 0 Å². The highest BCUT2D eigenvalue weighted by Crippen LogP contribution is 2.11. The molecule has 2 atom stereocenters. The van der Waals surface area contributed by atoms with E-state index in [1.807, 2.05) is 6.92 Å². The van der Waals surface area contributed by atoms with Gasteiger partial charge in [0.25, 0.3) is 0 Å². The lowest BCUT2D eigenvalue weighted by Gasteiger charge is -2.24. The van der Waals surface area contributed by atoms with Crippen LogP contribution >= 0.6 is 0 Å². The van der Waals surface area contributed by atoms with Crippen LogP contribution in [0, 0.1) is 0 Å². The van der Waals surface area contributed by atoms with Crippen molar-refractivity contribution in [2.45, 2.75) is 25.6 Å². The Hall–Kier alpha value is -1.40. The summed E-state index contributed by atoms with van der Waals surface area (Å²) >= 11 is 0. The Kier molecular flexibility index (Phi) is 3.75. The van der Waals surface area contributed by atoms with E-state index in [0.717, 1.165) is 5.69 Å². The van der Waals surface area contributed by atoms with Crippen LogP contribution in [0.4, 0.5) is 0 Å². The SMILES string of the molecule is CNC1C(=O)N(Cc2cocn2)CCOC1C. The van der Waals surface area contributed by atoms with Crippen molar-refractivity contribution in [2.75, 3.05) is 20.2 Å². The fourth-order valence-corrected chi connectivity index (χ4v) is 1.98. The minimum atomic E-state index is -0.301. The highest BCUT2D eigenvalue weighted by atomic mass is 16.5. The first-order valence-electron chi connectivity index (χ1n) is 5.67. The predicted molar refractivity (Wildman–Crippen MR) is 60.2 cm³/mol. The van der Waals surface area contributed by atoms with Gasteiger partial charge in [-0.3, -0.25) is 4.79 Å². The summed E-state index contributed by atoms with van der Waals surface area (Å²) in [6, 6.07) is -0.301. The largest absolute Gasteiger partial charge is 0.451 e. The molecule has 1 aliphatic heterocycles. The molecule has 2 heterocycles. The van der Waals surface area contributed by atoms with E-state index in [2.05, 4.69) is 10.3 Å². The summed E-state index contributed by atoms with van der Waals surface area (Å²) in [6.45, 7) is 3.49. The fraction of sp³-hybridized carbons (Fsp3) is 0.636. The van der Waals surface area contributed by atoms with Crippen molar-refractivity contribution < 1.29 is 13.9 Å². The number of nitrogens with zero attached hydrogens (tertiary/aromatic N) is 2. The van der Waals surface area contributed by atoms with Gasteiger partial charge in [-0.25, -0.2) is 4.98 Å². The van der Waals surface area contributed by atoms with Crippen molar-refractivity contribution in [3.8, 4) is 0 Å². The topological polar surface area (TPSA) is 67.6 Å². The number of hydrogen-bond acceptors (Lipinski definition) is 5. The van der Waals surface area contributed by atoms with Crippen LogP contribution in [0.15, 0.2) is 17.1 Å². The molecule has 0 radical (unpaired) electrons. The first-order valence-corrected chi connectivity index (χ1v) is 5.67. The van der Waals surface area contributed by atoms with E-state index >= 15 is 0 Å². The average molecular weight is 239 g/mol. The Morgan fingerprint density at radius 2 is 2.47 bits per heavy atom. The second kappa shape index (κ2) is 5.29. The van der Waals surface area contributed by atoms with Crippen molar-refractivity contribution in [1.82, 2.24) is 15.2 Å². The van der Waals surface area contributed by atoms with E-state index in [1.54, 1.807) is 18.2 Å². The Bertz CT molecular complexity index is 366. The molecule has 1 saturated heterocycles. The zero-order valence-corrected chi connectivity index (χ0v) is 10.0. The van der Waals surface area contributed by atoms with E-state index in [0.29, 0.717) is 19.7 Å². The average Bonchev–Trinajstić information content (AvgIpc) is 2.76. The molecule has 1 aromatic heterocycles. The van der Waals surface area contributed by atoms with Crippen molar-refractivity contribution >= 4 is 5.91 Å². The van der Waals surface area contributed by atoms with Gasteiger partial charge in [-0.05, 0) is 14.0 Å². The van der Waals surface area contributed by atoms with E-state index < -0.39 is 0 Å². The lowest BCUT2D eigenvalue weighted by atomic mass is 10.1. The minimum absolute atomic E-state index is 0.0421. The summed E-state index contributed by atoms with van der Waals surface area (Å²) in [4.78, 5) is 18.0. The second-order valence-electron chi connectivity index (χ2n) is 4.08.